The van der Waals surface area contributed by atoms with E-state index in [1.807, 2.05) is 0 Å². The Morgan fingerprint density at radius 2 is 0.684 bits per heavy atom. The molecule has 0 saturated carbocycles. The molecule has 1 atom stereocenters. The summed E-state index contributed by atoms with van der Waals surface area (Å²) in [7, 11) is 0. The minimum atomic E-state index is -0.777. The fourth-order valence-corrected chi connectivity index (χ4v) is 6.94. The summed E-state index contributed by atoms with van der Waals surface area (Å²) in [6.07, 6.45) is 52.7. The maximum Gasteiger partial charge on any atom is 0.306 e. The first kappa shape index (κ1) is 54.6. The van der Waals surface area contributed by atoms with Crippen LogP contribution in [0.15, 0.2) is 36.5 Å². The van der Waals surface area contributed by atoms with Crippen molar-refractivity contribution in [3.05, 3.63) is 36.5 Å². The SMILES string of the molecule is CC/C=C\C/C=C\CCCCCCCC(=O)OC(COC(=O)CCCCCCC/C=C\CCCCC)COC(=O)CCCCCCCCCCCCCCCCC. The van der Waals surface area contributed by atoms with Crippen LogP contribution in [0.4, 0.5) is 0 Å². The van der Waals surface area contributed by atoms with Gasteiger partial charge in [0.2, 0.25) is 0 Å². The molecular formula is C51H92O6. The molecular weight excluding hydrogens is 709 g/mol. The van der Waals surface area contributed by atoms with Crippen LogP contribution in [-0.4, -0.2) is 37.2 Å². The van der Waals surface area contributed by atoms with Crippen LogP contribution in [0.1, 0.15) is 252 Å². The number of allylic oxidation sites excluding steroid dienone is 6. The summed E-state index contributed by atoms with van der Waals surface area (Å²) in [4.78, 5) is 37.8. The van der Waals surface area contributed by atoms with E-state index in [0.29, 0.717) is 19.3 Å². The van der Waals surface area contributed by atoms with Gasteiger partial charge < -0.3 is 14.2 Å². The van der Waals surface area contributed by atoms with E-state index in [1.165, 1.54) is 116 Å². The molecule has 0 bridgehead atoms. The lowest BCUT2D eigenvalue weighted by molar-refractivity contribution is -0.167. The fourth-order valence-electron chi connectivity index (χ4n) is 6.94. The van der Waals surface area contributed by atoms with Crippen LogP contribution >= 0.6 is 0 Å². The van der Waals surface area contributed by atoms with E-state index in [4.69, 9.17) is 14.2 Å². The van der Waals surface area contributed by atoms with Gasteiger partial charge in [-0.25, -0.2) is 0 Å². The zero-order valence-corrected chi connectivity index (χ0v) is 37.9. The zero-order valence-electron chi connectivity index (χ0n) is 37.9. The minimum Gasteiger partial charge on any atom is -0.462 e. The molecule has 332 valence electrons. The Kier molecular flexibility index (Phi) is 44.4. The van der Waals surface area contributed by atoms with E-state index < -0.39 is 6.10 Å². The van der Waals surface area contributed by atoms with Crippen molar-refractivity contribution in [1.29, 1.82) is 0 Å². The molecule has 0 saturated heterocycles. The first-order valence-electron chi connectivity index (χ1n) is 24.5. The first-order chi connectivity index (χ1) is 28.0. The molecule has 1 unspecified atom stereocenters. The van der Waals surface area contributed by atoms with Gasteiger partial charge in [0.1, 0.15) is 13.2 Å². The standard InChI is InChI=1S/C51H92O6/c1-4-7-10-13-16-19-22-25-26-27-30-32-35-38-41-44-50(53)56-47-48(57-51(54)45-42-39-36-33-29-24-21-18-15-12-9-6-3)46-55-49(52)43-40-37-34-31-28-23-20-17-14-11-8-5-2/h9,12,17-18,20-21,48H,4-8,10-11,13-16,19,22-47H2,1-3H3/b12-9-,20-17-,21-18-. The van der Waals surface area contributed by atoms with Gasteiger partial charge >= 0.3 is 17.9 Å². The van der Waals surface area contributed by atoms with Gasteiger partial charge in [0.15, 0.2) is 6.10 Å². The zero-order chi connectivity index (χ0) is 41.5. The van der Waals surface area contributed by atoms with Gasteiger partial charge in [0, 0.05) is 19.3 Å². The van der Waals surface area contributed by atoms with Gasteiger partial charge in [-0.05, 0) is 70.6 Å². The number of unbranched alkanes of at least 4 members (excludes halogenated alkanes) is 27. The quantitative estimate of drug-likeness (QED) is 0.0264. The van der Waals surface area contributed by atoms with Gasteiger partial charge in [-0.15, -0.1) is 0 Å². The third kappa shape index (κ3) is 44.6. The number of esters is 3. The second-order valence-corrected chi connectivity index (χ2v) is 16.3. The van der Waals surface area contributed by atoms with Gasteiger partial charge in [-0.2, -0.15) is 0 Å². The minimum absolute atomic E-state index is 0.0780. The average molecular weight is 801 g/mol. The topological polar surface area (TPSA) is 78.9 Å². The highest BCUT2D eigenvalue weighted by Gasteiger charge is 2.19. The molecule has 0 aliphatic heterocycles. The first-order valence-corrected chi connectivity index (χ1v) is 24.5. The van der Waals surface area contributed by atoms with Crippen molar-refractivity contribution >= 4 is 17.9 Å². The summed E-state index contributed by atoms with van der Waals surface area (Å²) in [5, 5.41) is 0. The van der Waals surface area contributed by atoms with Crippen LogP contribution < -0.4 is 0 Å². The van der Waals surface area contributed by atoms with Crippen molar-refractivity contribution < 1.29 is 28.6 Å². The van der Waals surface area contributed by atoms with Crippen molar-refractivity contribution in [1.82, 2.24) is 0 Å². The number of carbonyl (C=O) groups excluding carboxylic acids is 3. The summed E-state index contributed by atoms with van der Waals surface area (Å²) in [5.74, 6) is -0.896. The molecule has 6 nitrogen and oxygen atoms in total. The van der Waals surface area contributed by atoms with E-state index in [2.05, 4.69) is 57.2 Å². The monoisotopic (exact) mass is 801 g/mol. The third-order valence-corrected chi connectivity index (χ3v) is 10.6. The summed E-state index contributed by atoms with van der Waals surface area (Å²) >= 11 is 0. The molecule has 0 aliphatic rings. The maximum atomic E-state index is 12.7. The molecule has 0 aliphatic carbocycles. The Bertz CT molecular complexity index is 969. The van der Waals surface area contributed by atoms with Crippen LogP contribution in [0.25, 0.3) is 0 Å². The van der Waals surface area contributed by atoms with Crippen molar-refractivity contribution in [2.45, 2.75) is 258 Å². The average Bonchev–Trinajstić information content (AvgIpc) is 3.21. The number of hydrogen-bond acceptors (Lipinski definition) is 6. The molecule has 0 spiro atoms. The van der Waals surface area contributed by atoms with Crippen LogP contribution in [0.5, 0.6) is 0 Å². The van der Waals surface area contributed by atoms with E-state index in [9.17, 15) is 14.4 Å². The van der Waals surface area contributed by atoms with Gasteiger partial charge in [0.25, 0.3) is 0 Å². The van der Waals surface area contributed by atoms with E-state index in [0.717, 1.165) is 96.3 Å². The Labute approximate surface area is 353 Å². The molecule has 57 heavy (non-hydrogen) atoms. The Hall–Kier alpha value is -2.37. The normalized spacial score (nSPS) is 12.3. The number of rotatable bonds is 44. The van der Waals surface area contributed by atoms with Crippen molar-refractivity contribution in [3.8, 4) is 0 Å². The fraction of sp³-hybridized carbons (Fsp3) is 0.824. The lowest BCUT2D eigenvalue weighted by atomic mass is 10.0. The smallest absolute Gasteiger partial charge is 0.306 e. The maximum absolute atomic E-state index is 12.7. The predicted octanol–water partition coefficient (Wildman–Crippen LogP) is 15.8. The van der Waals surface area contributed by atoms with E-state index in [1.54, 1.807) is 0 Å². The summed E-state index contributed by atoms with van der Waals surface area (Å²) in [6.45, 7) is 6.50. The summed E-state index contributed by atoms with van der Waals surface area (Å²) in [5.41, 5.74) is 0. The predicted molar refractivity (Wildman–Crippen MR) is 242 cm³/mol. The van der Waals surface area contributed by atoms with Crippen LogP contribution in [0.2, 0.25) is 0 Å². The second-order valence-electron chi connectivity index (χ2n) is 16.3. The lowest BCUT2D eigenvalue weighted by Crippen LogP contribution is -2.30. The van der Waals surface area contributed by atoms with Gasteiger partial charge in [0.05, 0.1) is 0 Å². The Morgan fingerprint density at radius 1 is 0.368 bits per heavy atom. The molecule has 0 aromatic heterocycles. The largest absolute Gasteiger partial charge is 0.462 e. The molecule has 0 radical (unpaired) electrons. The Morgan fingerprint density at radius 3 is 1.11 bits per heavy atom. The summed E-state index contributed by atoms with van der Waals surface area (Å²) in [6, 6.07) is 0. The molecule has 0 fully saturated rings. The highest BCUT2D eigenvalue weighted by atomic mass is 16.6. The molecule has 0 rings (SSSR count). The van der Waals surface area contributed by atoms with E-state index >= 15 is 0 Å². The van der Waals surface area contributed by atoms with Gasteiger partial charge in [-0.3, -0.25) is 14.4 Å². The molecule has 0 aromatic rings. The number of hydrogen-bond donors (Lipinski definition) is 0. The van der Waals surface area contributed by atoms with Crippen LogP contribution in [0, 0.1) is 0 Å². The van der Waals surface area contributed by atoms with Crippen LogP contribution in [-0.2, 0) is 28.6 Å². The third-order valence-electron chi connectivity index (χ3n) is 10.6. The Balaban J connectivity index is 4.36. The molecule has 0 N–H and O–H groups in total. The lowest BCUT2D eigenvalue weighted by Gasteiger charge is -2.18. The van der Waals surface area contributed by atoms with Crippen molar-refractivity contribution in [2.24, 2.45) is 0 Å². The second kappa shape index (κ2) is 46.3. The number of ether oxygens (including phenoxy) is 3. The van der Waals surface area contributed by atoms with Gasteiger partial charge in [-0.1, -0.05) is 198 Å². The molecule has 6 heteroatoms. The number of carbonyl (C=O) groups is 3. The van der Waals surface area contributed by atoms with Crippen molar-refractivity contribution in [2.75, 3.05) is 13.2 Å². The van der Waals surface area contributed by atoms with Crippen molar-refractivity contribution in [3.63, 3.8) is 0 Å². The highest BCUT2D eigenvalue weighted by molar-refractivity contribution is 5.71. The van der Waals surface area contributed by atoms with Crippen LogP contribution in [0.3, 0.4) is 0 Å². The highest BCUT2D eigenvalue weighted by Crippen LogP contribution is 2.15. The molecule has 0 aromatic carbocycles. The summed E-state index contributed by atoms with van der Waals surface area (Å²) < 4.78 is 16.7. The molecule has 0 heterocycles. The molecule has 0 amide bonds. The van der Waals surface area contributed by atoms with E-state index in [-0.39, 0.29) is 31.1 Å².